The predicted octanol–water partition coefficient (Wildman–Crippen LogP) is 3.24. The van der Waals surface area contributed by atoms with Gasteiger partial charge in [-0.25, -0.2) is 4.98 Å². The van der Waals surface area contributed by atoms with E-state index in [0.717, 1.165) is 23.9 Å². The van der Waals surface area contributed by atoms with Gasteiger partial charge in [0, 0.05) is 11.3 Å². The molecular weight excluding hydrogens is 283 g/mol. The normalized spacial score (nSPS) is 11.2. The maximum absolute atomic E-state index is 12.4. The lowest BCUT2D eigenvalue weighted by Crippen LogP contribution is -2.13. The number of pyridine rings is 1. The number of anilines is 2. The first kappa shape index (κ1) is 14.8. The number of alkyl halides is 3. The molecule has 21 heavy (non-hydrogen) atoms. The number of halogens is 3. The second-order valence-corrected chi connectivity index (χ2v) is 4.46. The van der Waals surface area contributed by atoms with Gasteiger partial charge in [-0.3, -0.25) is 4.79 Å². The summed E-state index contributed by atoms with van der Waals surface area (Å²) in [6.07, 6.45) is -3.54. The monoisotopic (exact) mass is 295 g/mol. The summed E-state index contributed by atoms with van der Waals surface area (Å²) >= 11 is 0. The first-order chi connectivity index (χ1) is 9.77. The molecule has 2 rings (SSSR count). The zero-order valence-corrected chi connectivity index (χ0v) is 11.0. The molecule has 110 valence electrons. The Morgan fingerprint density at radius 2 is 1.95 bits per heavy atom. The Balaban J connectivity index is 2.14. The van der Waals surface area contributed by atoms with Crippen molar-refractivity contribution in [2.75, 3.05) is 11.1 Å². The third kappa shape index (κ3) is 3.50. The van der Waals surface area contributed by atoms with E-state index in [1.165, 1.54) is 6.07 Å². The molecule has 0 atom stereocenters. The van der Waals surface area contributed by atoms with Crippen LogP contribution in [0.15, 0.2) is 36.5 Å². The van der Waals surface area contributed by atoms with E-state index < -0.39 is 17.8 Å². The van der Waals surface area contributed by atoms with E-state index >= 15 is 0 Å². The standard InChI is InChI=1S/C14H12F3N3O/c1-8-6-9(2-4-11(8)18)13(21)20-10-3-5-12(19-7-10)14(15,16)17/h2-7H,18H2,1H3,(H,20,21). The van der Waals surface area contributed by atoms with Crippen LogP contribution in [0.2, 0.25) is 0 Å². The first-order valence-corrected chi connectivity index (χ1v) is 5.98. The number of nitrogens with zero attached hydrogens (tertiary/aromatic N) is 1. The molecule has 0 fully saturated rings. The molecule has 2 aromatic rings. The molecule has 0 spiro atoms. The van der Waals surface area contributed by atoms with Crippen LogP contribution in [0.4, 0.5) is 24.5 Å². The second-order valence-electron chi connectivity index (χ2n) is 4.46. The number of benzene rings is 1. The molecule has 7 heteroatoms. The summed E-state index contributed by atoms with van der Waals surface area (Å²) in [5.41, 5.74) is 6.49. The molecule has 0 unspecified atom stereocenters. The number of amides is 1. The van der Waals surface area contributed by atoms with Gasteiger partial charge >= 0.3 is 6.18 Å². The number of aromatic nitrogens is 1. The maximum atomic E-state index is 12.4. The number of rotatable bonds is 2. The van der Waals surface area contributed by atoms with E-state index in [1.54, 1.807) is 19.1 Å². The van der Waals surface area contributed by atoms with Gasteiger partial charge in [0.2, 0.25) is 0 Å². The average molecular weight is 295 g/mol. The van der Waals surface area contributed by atoms with Crippen LogP contribution in [-0.2, 0) is 6.18 Å². The molecule has 0 saturated heterocycles. The molecule has 1 aromatic heterocycles. The number of aryl methyl sites for hydroxylation is 1. The van der Waals surface area contributed by atoms with Crippen molar-refractivity contribution in [3.63, 3.8) is 0 Å². The Kier molecular flexibility index (Phi) is 3.84. The van der Waals surface area contributed by atoms with Crippen molar-refractivity contribution in [1.82, 2.24) is 4.98 Å². The third-order valence-electron chi connectivity index (χ3n) is 2.84. The van der Waals surface area contributed by atoms with Gasteiger partial charge in [0.25, 0.3) is 5.91 Å². The number of hydrogen-bond donors (Lipinski definition) is 2. The fraction of sp³-hybridized carbons (Fsp3) is 0.143. The van der Waals surface area contributed by atoms with Crippen LogP contribution in [0.3, 0.4) is 0 Å². The summed E-state index contributed by atoms with van der Waals surface area (Å²) in [5.74, 6) is -0.445. The quantitative estimate of drug-likeness (QED) is 0.836. The fourth-order valence-electron chi connectivity index (χ4n) is 1.66. The smallest absolute Gasteiger partial charge is 0.399 e. The highest BCUT2D eigenvalue weighted by Gasteiger charge is 2.32. The molecule has 0 radical (unpaired) electrons. The molecule has 1 aromatic carbocycles. The molecule has 0 aliphatic rings. The molecule has 1 heterocycles. The number of carbonyl (C=O) groups excluding carboxylic acids is 1. The Morgan fingerprint density at radius 1 is 1.24 bits per heavy atom. The van der Waals surface area contributed by atoms with Gasteiger partial charge in [-0.15, -0.1) is 0 Å². The van der Waals surface area contributed by atoms with Crippen molar-refractivity contribution in [3.05, 3.63) is 53.3 Å². The second kappa shape index (κ2) is 5.43. The van der Waals surface area contributed by atoms with Crippen LogP contribution in [0.5, 0.6) is 0 Å². The van der Waals surface area contributed by atoms with E-state index in [-0.39, 0.29) is 5.69 Å². The third-order valence-corrected chi connectivity index (χ3v) is 2.84. The highest BCUT2D eigenvalue weighted by atomic mass is 19.4. The van der Waals surface area contributed by atoms with E-state index in [1.807, 2.05) is 0 Å². The van der Waals surface area contributed by atoms with Crippen molar-refractivity contribution < 1.29 is 18.0 Å². The Bertz CT molecular complexity index is 666. The molecule has 0 aliphatic carbocycles. The van der Waals surface area contributed by atoms with Gasteiger partial charge in [0.1, 0.15) is 5.69 Å². The fourth-order valence-corrected chi connectivity index (χ4v) is 1.66. The van der Waals surface area contributed by atoms with Gasteiger partial charge in [-0.05, 0) is 42.8 Å². The number of nitrogen functional groups attached to an aromatic ring is 1. The van der Waals surface area contributed by atoms with Gasteiger partial charge in [0.15, 0.2) is 0 Å². The van der Waals surface area contributed by atoms with Gasteiger partial charge in [0.05, 0.1) is 11.9 Å². The van der Waals surface area contributed by atoms with E-state index in [2.05, 4.69) is 10.3 Å². The highest BCUT2D eigenvalue weighted by molar-refractivity contribution is 6.04. The molecule has 0 saturated carbocycles. The molecule has 4 nitrogen and oxygen atoms in total. The minimum Gasteiger partial charge on any atom is -0.399 e. The van der Waals surface area contributed by atoms with Crippen molar-refractivity contribution in [1.29, 1.82) is 0 Å². The zero-order valence-electron chi connectivity index (χ0n) is 11.0. The first-order valence-electron chi connectivity index (χ1n) is 5.98. The summed E-state index contributed by atoms with van der Waals surface area (Å²) in [5, 5.41) is 2.47. The molecule has 3 N–H and O–H groups in total. The molecule has 0 bridgehead atoms. The Morgan fingerprint density at radius 3 is 2.48 bits per heavy atom. The van der Waals surface area contributed by atoms with E-state index in [9.17, 15) is 18.0 Å². The Hall–Kier alpha value is -2.57. The van der Waals surface area contributed by atoms with Crippen LogP contribution in [0.25, 0.3) is 0 Å². The highest BCUT2D eigenvalue weighted by Crippen LogP contribution is 2.27. The zero-order chi connectivity index (χ0) is 15.6. The molecular formula is C14H12F3N3O. The number of hydrogen-bond acceptors (Lipinski definition) is 3. The lowest BCUT2D eigenvalue weighted by Gasteiger charge is -2.09. The van der Waals surface area contributed by atoms with Crippen molar-refractivity contribution in [3.8, 4) is 0 Å². The number of nitrogens with two attached hydrogens (primary N) is 1. The van der Waals surface area contributed by atoms with Gasteiger partial charge in [-0.1, -0.05) is 0 Å². The van der Waals surface area contributed by atoms with Crippen LogP contribution in [-0.4, -0.2) is 10.9 Å². The summed E-state index contributed by atoms with van der Waals surface area (Å²) in [6.45, 7) is 1.76. The van der Waals surface area contributed by atoms with E-state index in [0.29, 0.717) is 11.3 Å². The Labute approximate surface area is 118 Å². The van der Waals surface area contributed by atoms with Crippen molar-refractivity contribution in [2.24, 2.45) is 0 Å². The summed E-state index contributed by atoms with van der Waals surface area (Å²) in [4.78, 5) is 15.2. The number of nitrogens with one attached hydrogen (secondary N) is 1. The summed E-state index contributed by atoms with van der Waals surface area (Å²) in [6, 6.07) is 6.69. The van der Waals surface area contributed by atoms with Crippen LogP contribution >= 0.6 is 0 Å². The average Bonchev–Trinajstić information content (AvgIpc) is 2.41. The van der Waals surface area contributed by atoms with Crippen LogP contribution in [0.1, 0.15) is 21.6 Å². The minimum absolute atomic E-state index is 0.183. The van der Waals surface area contributed by atoms with Crippen molar-refractivity contribution >= 4 is 17.3 Å². The van der Waals surface area contributed by atoms with Crippen LogP contribution < -0.4 is 11.1 Å². The van der Waals surface area contributed by atoms with Crippen molar-refractivity contribution in [2.45, 2.75) is 13.1 Å². The van der Waals surface area contributed by atoms with E-state index in [4.69, 9.17) is 5.73 Å². The van der Waals surface area contributed by atoms with Gasteiger partial charge in [-0.2, -0.15) is 13.2 Å². The summed E-state index contributed by atoms with van der Waals surface area (Å²) < 4.78 is 37.1. The lowest BCUT2D eigenvalue weighted by molar-refractivity contribution is -0.141. The SMILES string of the molecule is Cc1cc(C(=O)Nc2ccc(C(F)(F)F)nc2)ccc1N. The molecule has 1 amide bonds. The van der Waals surface area contributed by atoms with Gasteiger partial charge < -0.3 is 11.1 Å². The predicted molar refractivity (Wildman–Crippen MR) is 72.8 cm³/mol. The number of carbonyl (C=O) groups is 1. The topological polar surface area (TPSA) is 68.0 Å². The largest absolute Gasteiger partial charge is 0.433 e. The molecule has 0 aliphatic heterocycles. The summed E-state index contributed by atoms with van der Waals surface area (Å²) in [7, 11) is 0. The minimum atomic E-state index is -4.50. The lowest BCUT2D eigenvalue weighted by atomic mass is 10.1. The van der Waals surface area contributed by atoms with Crippen LogP contribution in [0, 0.1) is 6.92 Å². The maximum Gasteiger partial charge on any atom is 0.433 e.